The SMILES string of the molecule is CCNC(=NCc1ncc(C(C)(C)C)o1)N1CCN(CC(=O)NCCOC)CC1. The summed E-state index contributed by atoms with van der Waals surface area (Å²) in [6.45, 7) is 14.3. The number of nitrogens with zero attached hydrogens (tertiary/aromatic N) is 4. The van der Waals surface area contributed by atoms with Crippen LogP contribution in [0.15, 0.2) is 15.6 Å². The van der Waals surface area contributed by atoms with E-state index in [1.807, 2.05) is 0 Å². The highest BCUT2D eigenvalue weighted by molar-refractivity contribution is 5.80. The van der Waals surface area contributed by atoms with E-state index in [1.165, 1.54) is 0 Å². The van der Waals surface area contributed by atoms with Crippen LogP contribution in [0.5, 0.6) is 0 Å². The predicted molar refractivity (Wildman–Crippen MR) is 113 cm³/mol. The van der Waals surface area contributed by atoms with E-state index in [4.69, 9.17) is 14.1 Å². The summed E-state index contributed by atoms with van der Waals surface area (Å²) in [6.07, 6.45) is 1.79. The summed E-state index contributed by atoms with van der Waals surface area (Å²) in [5.74, 6) is 2.38. The van der Waals surface area contributed by atoms with Gasteiger partial charge >= 0.3 is 0 Å². The summed E-state index contributed by atoms with van der Waals surface area (Å²) < 4.78 is 10.8. The maximum Gasteiger partial charge on any atom is 0.234 e. The maximum absolute atomic E-state index is 12.0. The van der Waals surface area contributed by atoms with Crippen molar-refractivity contribution in [3.8, 4) is 0 Å². The smallest absolute Gasteiger partial charge is 0.234 e. The molecule has 1 aliphatic heterocycles. The number of amides is 1. The molecule has 0 unspecified atom stereocenters. The molecule has 1 aromatic rings. The number of carbonyl (C=O) groups is 1. The summed E-state index contributed by atoms with van der Waals surface area (Å²) in [4.78, 5) is 25.4. The minimum Gasteiger partial charge on any atom is -0.443 e. The number of piperazine rings is 1. The molecule has 1 amide bonds. The van der Waals surface area contributed by atoms with Crippen LogP contribution >= 0.6 is 0 Å². The van der Waals surface area contributed by atoms with Gasteiger partial charge in [0.05, 0.1) is 19.3 Å². The van der Waals surface area contributed by atoms with Crippen LogP contribution in [0.3, 0.4) is 0 Å². The van der Waals surface area contributed by atoms with Gasteiger partial charge in [0.2, 0.25) is 11.8 Å². The normalized spacial score (nSPS) is 16.2. The zero-order valence-corrected chi connectivity index (χ0v) is 18.5. The standard InChI is InChI=1S/C20H36N6O3/c1-6-21-19(24-14-18-23-13-16(29-18)20(2,3)4)26-10-8-25(9-11-26)15-17(27)22-7-12-28-5/h13H,6-12,14-15H2,1-5H3,(H,21,24)(H,22,27). The van der Waals surface area contributed by atoms with Crippen molar-refractivity contribution in [3.63, 3.8) is 0 Å². The summed E-state index contributed by atoms with van der Waals surface area (Å²) in [5, 5.41) is 6.21. The van der Waals surface area contributed by atoms with Gasteiger partial charge in [-0.1, -0.05) is 20.8 Å². The molecule has 1 fully saturated rings. The fraction of sp³-hybridized carbons (Fsp3) is 0.750. The molecule has 9 heteroatoms. The average Bonchev–Trinajstić information content (AvgIpc) is 3.16. The summed E-state index contributed by atoms with van der Waals surface area (Å²) in [5.41, 5.74) is -0.0638. The third-order valence-corrected chi connectivity index (χ3v) is 4.66. The molecular weight excluding hydrogens is 372 g/mol. The van der Waals surface area contributed by atoms with Crippen molar-refractivity contribution in [3.05, 3.63) is 17.8 Å². The van der Waals surface area contributed by atoms with Crippen LogP contribution in [-0.2, 0) is 21.5 Å². The molecule has 1 saturated heterocycles. The van der Waals surface area contributed by atoms with E-state index in [2.05, 4.69) is 53.1 Å². The summed E-state index contributed by atoms with van der Waals surface area (Å²) in [7, 11) is 1.63. The second-order valence-corrected chi connectivity index (χ2v) is 8.14. The van der Waals surface area contributed by atoms with Gasteiger partial charge in [0.15, 0.2) is 5.96 Å². The minimum atomic E-state index is -0.0638. The van der Waals surface area contributed by atoms with Gasteiger partial charge in [0, 0.05) is 51.8 Å². The molecule has 29 heavy (non-hydrogen) atoms. The summed E-state index contributed by atoms with van der Waals surface area (Å²) >= 11 is 0. The average molecular weight is 409 g/mol. The second kappa shape index (κ2) is 11.2. The molecule has 164 valence electrons. The molecule has 0 atom stereocenters. The van der Waals surface area contributed by atoms with Gasteiger partial charge < -0.3 is 24.7 Å². The molecular formula is C20H36N6O3. The van der Waals surface area contributed by atoms with E-state index in [-0.39, 0.29) is 11.3 Å². The second-order valence-electron chi connectivity index (χ2n) is 8.14. The predicted octanol–water partition coefficient (Wildman–Crippen LogP) is 0.818. The first kappa shape index (κ1) is 23.2. The number of aliphatic imine (C=N–C) groups is 1. The van der Waals surface area contributed by atoms with Gasteiger partial charge in [-0.3, -0.25) is 9.69 Å². The van der Waals surface area contributed by atoms with E-state index in [9.17, 15) is 4.79 Å². The first-order chi connectivity index (χ1) is 13.8. The maximum atomic E-state index is 12.0. The number of aromatic nitrogens is 1. The van der Waals surface area contributed by atoms with Gasteiger partial charge in [-0.2, -0.15) is 0 Å². The number of ether oxygens (including phenoxy) is 1. The highest BCUT2D eigenvalue weighted by atomic mass is 16.5. The number of methoxy groups -OCH3 is 1. The number of rotatable bonds is 8. The van der Waals surface area contributed by atoms with E-state index in [0.29, 0.717) is 32.1 Å². The largest absolute Gasteiger partial charge is 0.443 e. The molecule has 9 nitrogen and oxygen atoms in total. The number of oxazole rings is 1. The number of guanidine groups is 1. The fourth-order valence-electron chi connectivity index (χ4n) is 2.97. The molecule has 0 aromatic carbocycles. The Hall–Kier alpha value is -2.13. The van der Waals surface area contributed by atoms with Crippen molar-refractivity contribution < 1.29 is 13.9 Å². The molecule has 0 aliphatic carbocycles. The van der Waals surface area contributed by atoms with E-state index in [0.717, 1.165) is 44.4 Å². The number of carbonyl (C=O) groups excluding carboxylic acids is 1. The van der Waals surface area contributed by atoms with Crippen molar-refractivity contribution in [1.29, 1.82) is 0 Å². The van der Waals surface area contributed by atoms with Crippen molar-refractivity contribution in [2.45, 2.75) is 39.7 Å². The van der Waals surface area contributed by atoms with Crippen LogP contribution in [0.25, 0.3) is 0 Å². The van der Waals surface area contributed by atoms with Crippen molar-refractivity contribution in [1.82, 2.24) is 25.4 Å². The Bertz CT molecular complexity index is 659. The van der Waals surface area contributed by atoms with Crippen LogP contribution in [0.4, 0.5) is 0 Å². The van der Waals surface area contributed by atoms with Crippen molar-refractivity contribution in [2.24, 2.45) is 4.99 Å². The highest BCUT2D eigenvalue weighted by Crippen LogP contribution is 2.22. The van der Waals surface area contributed by atoms with Crippen molar-refractivity contribution >= 4 is 11.9 Å². The fourth-order valence-corrected chi connectivity index (χ4v) is 2.97. The van der Waals surface area contributed by atoms with Crippen LogP contribution in [0.1, 0.15) is 39.3 Å². The van der Waals surface area contributed by atoms with Gasteiger partial charge in [-0.25, -0.2) is 9.98 Å². The van der Waals surface area contributed by atoms with Gasteiger partial charge in [0.25, 0.3) is 0 Å². The monoisotopic (exact) mass is 408 g/mol. The molecule has 2 N–H and O–H groups in total. The lowest BCUT2D eigenvalue weighted by atomic mass is 9.94. The summed E-state index contributed by atoms with van der Waals surface area (Å²) in [6, 6.07) is 0. The Morgan fingerprint density at radius 1 is 1.28 bits per heavy atom. The topological polar surface area (TPSA) is 95.2 Å². The molecule has 2 heterocycles. The molecule has 0 radical (unpaired) electrons. The Kier molecular flexibility index (Phi) is 8.91. The van der Waals surface area contributed by atoms with E-state index < -0.39 is 0 Å². The number of hydrogen-bond donors (Lipinski definition) is 2. The van der Waals surface area contributed by atoms with E-state index >= 15 is 0 Å². The van der Waals surface area contributed by atoms with Gasteiger partial charge in [-0.15, -0.1) is 0 Å². The van der Waals surface area contributed by atoms with Crippen molar-refractivity contribution in [2.75, 3.05) is 59.5 Å². The molecule has 0 spiro atoms. The highest BCUT2D eigenvalue weighted by Gasteiger charge is 2.22. The van der Waals surface area contributed by atoms with Crippen LogP contribution in [0.2, 0.25) is 0 Å². The Morgan fingerprint density at radius 3 is 2.59 bits per heavy atom. The third-order valence-electron chi connectivity index (χ3n) is 4.66. The molecule has 1 aliphatic rings. The number of hydrogen-bond acceptors (Lipinski definition) is 6. The van der Waals surface area contributed by atoms with Crippen LogP contribution in [0, 0.1) is 0 Å². The Morgan fingerprint density at radius 2 is 2.00 bits per heavy atom. The zero-order chi connectivity index (χ0) is 21.3. The zero-order valence-electron chi connectivity index (χ0n) is 18.5. The molecule has 0 saturated carbocycles. The lowest BCUT2D eigenvalue weighted by molar-refractivity contribution is -0.122. The first-order valence-electron chi connectivity index (χ1n) is 10.3. The molecule has 1 aromatic heterocycles. The Labute approximate surface area is 173 Å². The number of nitrogens with one attached hydrogen (secondary N) is 2. The third kappa shape index (κ3) is 7.66. The minimum absolute atomic E-state index is 0.0367. The quantitative estimate of drug-likeness (QED) is 0.373. The lowest BCUT2D eigenvalue weighted by Gasteiger charge is -2.36. The molecule has 0 bridgehead atoms. The first-order valence-corrected chi connectivity index (χ1v) is 10.3. The Balaban J connectivity index is 1.86. The van der Waals surface area contributed by atoms with E-state index in [1.54, 1.807) is 13.3 Å². The molecule has 2 rings (SSSR count). The van der Waals surface area contributed by atoms with Gasteiger partial charge in [0.1, 0.15) is 12.3 Å². The van der Waals surface area contributed by atoms with Crippen LogP contribution < -0.4 is 10.6 Å². The lowest BCUT2D eigenvalue weighted by Crippen LogP contribution is -2.54. The van der Waals surface area contributed by atoms with Gasteiger partial charge in [-0.05, 0) is 6.92 Å². The van der Waals surface area contributed by atoms with Crippen LogP contribution in [-0.4, -0.2) is 86.2 Å².